The van der Waals surface area contributed by atoms with Crippen molar-refractivity contribution < 1.29 is 8.42 Å². The predicted molar refractivity (Wildman–Crippen MR) is 82.6 cm³/mol. The maximum Gasteiger partial charge on any atom is 0.250 e. The van der Waals surface area contributed by atoms with Gasteiger partial charge in [0, 0.05) is 18.0 Å². The first-order chi connectivity index (χ1) is 9.53. The normalized spacial score (nSPS) is 11.9. The summed E-state index contributed by atoms with van der Waals surface area (Å²) < 4.78 is 27.4. The van der Waals surface area contributed by atoms with Crippen LogP contribution >= 0.6 is 22.7 Å². The van der Waals surface area contributed by atoms with Gasteiger partial charge in [-0.05, 0) is 30.5 Å². The molecule has 2 N–H and O–H groups in total. The molecule has 2 aromatic rings. The number of nitrogens with zero attached hydrogens (tertiary/aromatic N) is 1. The number of sulfonamides is 1. The summed E-state index contributed by atoms with van der Waals surface area (Å²) in [5.74, 6) is 0. The topological polar surface area (TPSA) is 71.1 Å². The van der Waals surface area contributed by atoms with Crippen LogP contribution in [0.1, 0.15) is 23.1 Å². The molecule has 0 spiro atoms. The predicted octanol–water partition coefficient (Wildman–Crippen LogP) is 2.10. The van der Waals surface area contributed by atoms with E-state index in [2.05, 4.69) is 15.0 Å². The Balaban J connectivity index is 2.03. The summed E-state index contributed by atoms with van der Waals surface area (Å²) in [7, 11) is -3.44. The van der Waals surface area contributed by atoms with E-state index < -0.39 is 10.0 Å². The molecule has 2 rings (SSSR count). The fraction of sp³-hybridized carbons (Fsp3) is 0.417. The van der Waals surface area contributed by atoms with Crippen LogP contribution in [0, 0.1) is 6.92 Å². The lowest BCUT2D eigenvalue weighted by molar-refractivity contribution is 0.583. The Morgan fingerprint density at radius 1 is 1.30 bits per heavy atom. The van der Waals surface area contributed by atoms with Crippen LogP contribution in [0.15, 0.2) is 21.2 Å². The quantitative estimate of drug-likeness (QED) is 0.815. The van der Waals surface area contributed by atoms with Gasteiger partial charge >= 0.3 is 0 Å². The Morgan fingerprint density at radius 3 is 2.75 bits per heavy atom. The molecular weight excluding hydrogens is 314 g/mol. The van der Waals surface area contributed by atoms with Crippen LogP contribution < -0.4 is 10.0 Å². The Labute approximate surface area is 127 Å². The first-order valence-corrected chi connectivity index (χ1v) is 9.44. The average molecular weight is 331 g/mol. The van der Waals surface area contributed by atoms with Crippen molar-refractivity contribution in [2.24, 2.45) is 0 Å². The SMILES string of the molecule is CCNCc1csc(S(=O)(=O)NCc2scnc2C)c1. The molecule has 110 valence electrons. The monoisotopic (exact) mass is 331 g/mol. The van der Waals surface area contributed by atoms with Gasteiger partial charge in [0.1, 0.15) is 4.21 Å². The van der Waals surface area contributed by atoms with Crippen LogP contribution in [0.5, 0.6) is 0 Å². The van der Waals surface area contributed by atoms with Crippen molar-refractivity contribution >= 4 is 32.7 Å². The number of nitrogens with one attached hydrogen (secondary N) is 2. The molecule has 0 unspecified atom stereocenters. The van der Waals surface area contributed by atoms with E-state index in [1.165, 1.54) is 22.7 Å². The second-order valence-electron chi connectivity index (χ2n) is 4.24. The van der Waals surface area contributed by atoms with Gasteiger partial charge in [0.05, 0.1) is 11.2 Å². The highest BCUT2D eigenvalue weighted by Gasteiger charge is 2.17. The van der Waals surface area contributed by atoms with Crippen molar-refractivity contribution in [1.82, 2.24) is 15.0 Å². The van der Waals surface area contributed by atoms with Gasteiger partial charge in [-0.1, -0.05) is 6.92 Å². The number of thiazole rings is 1. The van der Waals surface area contributed by atoms with Crippen molar-refractivity contribution in [2.75, 3.05) is 6.54 Å². The number of thiophene rings is 1. The largest absolute Gasteiger partial charge is 0.313 e. The molecule has 5 nitrogen and oxygen atoms in total. The Morgan fingerprint density at radius 2 is 2.10 bits per heavy atom. The van der Waals surface area contributed by atoms with Crippen molar-refractivity contribution in [1.29, 1.82) is 0 Å². The zero-order valence-electron chi connectivity index (χ0n) is 11.3. The Bertz CT molecular complexity index is 661. The molecular formula is C12H17N3O2S3. The highest BCUT2D eigenvalue weighted by atomic mass is 32.2. The van der Waals surface area contributed by atoms with Crippen LogP contribution in [0.4, 0.5) is 0 Å². The lowest BCUT2D eigenvalue weighted by Crippen LogP contribution is -2.22. The average Bonchev–Trinajstić information content (AvgIpc) is 3.03. The molecule has 0 aliphatic heterocycles. The van der Waals surface area contributed by atoms with Gasteiger partial charge in [0.15, 0.2) is 0 Å². The zero-order valence-corrected chi connectivity index (χ0v) is 13.8. The van der Waals surface area contributed by atoms with Crippen molar-refractivity contribution in [2.45, 2.75) is 31.1 Å². The third-order valence-electron chi connectivity index (χ3n) is 2.74. The molecule has 20 heavy (non-hydrogen) atoms. The molecule has 0 aromatic carbocycles. The van der Waals surface area contributed by atoms with Gasteiger partial charge in [-0.15, -0.1) is 22.7 Å². The lowest BCUT2D eigenvalue weighted by Gasteiger charge is -2.03. The molecule has 0 atom stereocenters. The fourth-order valence-electron chi connectivity index (χ4n) is 1.58. The van der Waals surface area contributed by atoms with Crippen molar-refractivity contribution in [3.8, 4) is 0 Å². The minimum Gasteiger partial charge on any atom is -0.313 e. The first-order valence-electron chi connectivity index (χ1n) is 6.19. The summed E-state index contributed by atoms with van der Waals surface area (Å²) in [5.41, 5.74) is 3.58. The molecule has 0 aliphatic carbocycles. The smallest absolute Gasteiger partial charge is 0.250 e. The van der Waals surface area contributed by atoms with Crippen molar-refractivity contribution in [3.05, 3.63) is 33.1 Å². The number of hydrogen-bond acceptors (Lipinski definition) is 6. The maximum atomic E-state index is 12.2. The highest BCUT2D eigenvalue weighted by Crippen LogP contribution is 2.21. The molecule has 0 amide bonds. The Kier molecular flexibility index (Phi) is 5.28. The molecule has 0 saturated carbocycles. The van der Waals surface area contributed by atoms with Crippen molar-refractivity contribution in [3.63, 3.8) is 0 Å². The van der Waals surface area contributed by atoms with Crippen LogP contribution in [-0.2, 0) is 23.1 Å². The number of rotatable bonds is 7. The van der Waals surface area contributed by atoms with E-state index in [4.69, 9.17) is 0 Å². The van der Waals surface area contributed by atoms with Gasteiger partial charge in [0.2, 0.25) is 10.0 Å². The van der Waals surface area contributed by atoms with Crippen LogP contribution in [-0.4, -0.2) is 19.9 Å². The third kappa shape index (κ3) is 3.86. The van der Waals surface area contributed by atoms with E-state index in [1.807, 2.05) is 19.2 Å². The standard InChI is InChI=1S/C12H17N3O2S3/c1-3-13-5-10-4-12(18-7-10)20(16,17)15-6-11-9(2)14-8-19-11/h4,7-8,13,15H,3,5-6H2,1-2H3. The van der Waals surface area contributed by atoms with Gasteiger partial charge < -0.3 is 5.32 Å². The van der Waals surface area contributed by atoms with Crippen LogP contribution in [0.25, 0.3) is 0 Å². The van der Waals surface area contributed by atoms with Gasteiger partial charge in [0.25, 0.3) is 0 Å². The molecule has 0 fully saturated rings. The van der Waals surface area contributed by atoms with Gasteiger partial charge in [-0.3, -0.25) is 0 Å². The van der Waals surface area contributed by atoms with E-state index in [9.17, 15) is 8.42 Å². The molecule has 2 heterocycles. The summed E-state index contributed by atoms with van der Waals surface area (Å²) in [6.45, 7) is 5.74. The summed E-state index contributed by atoms with van der Waals surface area (Å²) in [5, 5.41) is 5.05. The third-order valence-corrected chi connectivity index (χ3v) is 6.57. The van der Waals surface area contributed by atoms with E-state index in [0.29, 0.717) is 17.3 Å². The molecule has 8 heteroatoms. The van der Waals surface area contributed by atoms with E-state index >= 15 is 0 Å². The molecule has 0 bridgehead atoms. The van der Waals surface area contributed by atoms with E-state index in [1.54, 1.807) is 11.6 Å². The minimum atomic E-state index is -3.44. The zero-order chi connectivity index (χ0) is 14.6. The van der Waals surface area contributed by atoms with Gasteiger partial charge in [-0.2, -0.15) is 0 Å². The first kappa shape index (κ1) is 15.6. The number of hydrogen-bond donors (Lipinski definition) is 2. The maximum absolute atomic E-state index is 12.2. The number of aryl methyl sites for hydroxylation is 1. The summed E-state index contributed by atoms with van der Waals surface area (Å²) in [4.78, 5) is 5.05. The summed E-state index contributed by atoms with van der Waals surface area (Å²) >= 11 is 2.70. The highest BCUT2D eigenvalue weighted by molar-refractivity contribution is 7.91. The fourth-order valence-corrected chi connectivity index (χ4v) is 4.64. The molecule has 0 aliphatic rings. The summed E-state index contributed by atoms with van der Waals surface area (Å²) in [6.07, 6.45) is 0. The molecule has 2 aromatic heterocycles. The Hall–Kier alpha value is -0.800. The van der Waals surface area contributed by atoms with E-state index in [0.717, 1.165) is 22.7 Å². The number of aromatic nitrogens is 1. The second kappa shape index (κ2) is 6.77. The molecule has 0 radical (unpaired) electrons. The summed E-state index contributed by atoms with van der Waals surface area (Å²) in [6, 6.07) is 1.72. The molecule has 0 saturated heterocycles. The lowest BCUT2D eigenvalue weighted by atomic mass is 10.3. The van der Waals surface area contributed by atoms with Crippen LogP contribution in [0.3, 0.4) is 0 Å². The van der Waals surface area contributed by atoms with Crippen LogP contribution in [0.2, 0.25) is 0 Å². The second-order valence-corrected chi connectivity index (χ2v) is 8.08. The van der Waals surface area contributed by atoms with E-state index in [-0.39, 0.29) is 0 Å². The minimum absolute atomic E-state index is 0.291. The van der Waals surface area contributed by atoms with Gasteiger partial charge in [-0.25, -0.2) is 18.1 Å².